The van der Waals surface area contributed by atoms with Gasteiger partial charge >= 0.3 is 0 Å². The van der Waals surface area contributed by atoms with E-state index in [1.165, 1.54) is 16.3 Å². The van der Waals surface area contributed by atoms with E-state index in [1.54, 1.807) is 6.33 Å². The number of amides is 2. The van der Waals surface area contributed by atoms with Crippen molar-refractivity contribution in [1.82, 2.24) is 35.2 Å². The first-order valence-corrected chi connectivity index (χ1v) is 9.33. The van der Waals surface area contributed by atoms with Gasteiger partial charge in [0.15, 0.2) is 11.5 Å². The maximum absolute atomic E-state index is 12.5. The monoisotopic (exact) mass is 395 g/mol. The summed E-state index contributed by atoms with van der Waals surface area (Å²) in [5, 5.41) is 27.3. The van der Waals surface area contributed by atoms with Crippen LogP contribution in [0.25, 0.3) is 0 Å². The molecule has 3 aromatic rings. The molecule has 10 nitrogen and oxygen atoms in total. The number of hydrogen-bond acceptors (Lipinski definition) is 6. The molecule has 3 heterocycles. The van der Waals surface area contributed by atoms with Crippen LogP contribution in [-0.4, -0.2) is 54.1 Å². The Hall–Kier alpha value is -3.53. The lowest BCUT2D eigenvalue weighted by atomic mass is 10.1. The molecule has 0 fully saturated rings. The first-order chi connectivity index (χ1) is 14.1. The summed E-state index contributed by atoms with van der Waals surface area (Å²) in [6.45, 7) is 1.18. The number of benzene rings is 1. The molecule has 1 aromatic carbocycles. The van der Waals surface area contributed by atoms with Gasteiger partial charge in [-0.25, -0.2) is 0 Å². The molecule has 0 aliphatic carbocycles. The van der Waals surface area contributed by atoms with Gasteiger partial charge in [0.2, 0.25) is 0 Å². The third-order valence-corrected chi connectivity index (χ3v) is 4.71. The van der Waals surface area contributed by atoms with E-state index in [4.69, 9.17) is 0 Å². The van der Waals surface area contributed by atoms with E-state index in [0.29, 0.717) is 12.4 Å². The van der Waals surface area contributed by atoms with E-state index in [2.05, 4.69) is 38.1 Å². The molecular weight excluding hydrogens is 374 g/mol. The van der Waals surface area contributed by atoms with E-state index in [0.717, 1.165) is 6.42 Å². The Labute approximate surface area is 166 Å². The van der Waals surface area contributed by atoms with E-state index < -0.39 is 12.0 Å². The van der Waals surface area contributed by atoms with Crippen molar-refractivity contribution in [1.29, 1.82) is 0 Å². The molecule has 1 unspecified atom stereocenters. The van der Waals surface area contributed by atoms with Crippen LogP contribution in [0.2, 0.25) is 0 Å². The number of nitrogens with one attached hydrogen (secondary N) is 2. The maximum Gasteiger partial charge on any atom is 0.272 e. The van der Waals surface area contributed by atoms with Gasteiger partial charge in [0.25, 0.3) is 11.8 Å². The zero-order valence-corrected chi connectivity index (χ0v) is 15.7. The van der Waals surface area contributed by atoms with Crippen molar-refractivity contribution in [3.8, 4) is 0 Å². The molecule has 0 saturated heterocycles. The number of β-amino-alcohol motifs (C(OH)–C–C–N with tert-alkyl or cyclic N) is 1. The second-order valence-corrected chi connectivity index (χ2v) is 6.82. The second kappa shape index (κ2) is 8.23. The molecule has 150 valence electrons. The molecule has 1 aliphatic rings. The van der Waals surface area contributed by atoms with Crippen molar-refractivity contribution < 1.29 is 14.7 Å². The van der Waals surface area contributed by atoms with Gasteiger partial charge in [-0.2, -0.15) is 5.10 Å². The number of hydrogen-bond donors (Lipinski definition) is 3. The first-order valence-electron chi connectivity index (χ1n) is 9.33. The van der Waals surface area contributed by atoms with Gasteiger partial charge in [0.05, 0.1) is 19.2 Å². The smallest absolute Gasteiger partial charge is 0.272 e. The van der Waals surface area contributed by atoms with Gasteiger partial charge in [-0.05, 0) is 12.0 Å². The summed E-state index contributed by atoms with van der Waals surface area (Å²) in [5.74, 6) is -0.164. The zero-order chi connectivity index (χ0) is 20.2. The van der Waals surface area contributed by atoms with Gasteiger partial charge in [0.1, 0.15) is 12.0 Å². The number of fused-ring (bicyclic) bond motifs is 1. The average molecular weight is 395 g/mol. The Morgan fingerprint density at radius 3 is 2.97 bits per heavy atom. The quantitative estimate of drug-likeness (QED) is 0.528. The molecule has 1 aliphatic heterocycles. The van der Waals surface area contributed by atoms with Crippen LogP contribution in [0.1, 0.15) is 32.4 Å². The summed E-state index contributed by atoms with van der Waals surface area (Å²) < 4.78 is 3.24. The van der Waals surface area contributed by atoms with Gasteiger partial charge in [-0.3, -0.25) is 14.3 Å². The van der Waals surface area contributed by atoms with Gasteiger partial charge in [-0.15, -0.1) is 10.2 Å². The van der Waals surface area contributed by atoms with Crippen LogP contribution in [0.3, 0.4) is 0 Å². The molecular formula is C19H21N7O3. The van der Waals surface area contributed by atoms with E-state index in [-0.39, 0.29) is 36.9 Å². The third kappa shape index (κ3) is 4.32. The van der Waals surface area contributed by atoms with Gasteiger partial charge in [-0.1, -0.05) is 30.3 Å². The minimum atomic E-state index is -0.751. The summed E-state index contributed by atoms with van der Waals surface area (Å²) in [6.07, 6.45) is 1.71. The van der Waals surface area contributed by atoms with Crippen molar-refractivity contribution in [2.75, 3.05) is 6.54 Å². The highest BCUT2D eigenvalue weighted by Crippen LogP contribution is 2.10. The molecule has 29 heavy (non-hydrogen) atoms. The highest BCUT2D eigenvalue weighted by Gasteiger charge is 2.24. The molecule has 0 saturated carbocycles. The Morgan fingerprint density at radius 1 is 1.31 bits per heavy atom. The summed E-state index contributed by atoms with van der Waals surface area (Å²) in [6, 6.07) is 11.5. The molecule has 2 aromatic heterocycles. The number of aliphatic hydroxyl groups is 1. The predicted octanol–water partition coefficient (Wildman–Crippen LogP) is -0.248. The number of aromatic nitrogens is 5. The van der Waals surface area contributed by atoms with Crippen LogP contribution >= 0.6 is 0 Å². The second-order valence-electron chi connectivity index (χ2n) is 6.82. The standard InChI is InChI=1S/C19H21N7O3/c27-14-9-20-19(29)16-8-15(24-26(16)11-14)18(28)21-10-17-23-22-12-25(17)7-6-13-4-2-1-3-5-13/h1-5,8,12,14,27H,6-7,9-11H2,(H,20,29)(H,21,28). The van der Waals surface area contributed by atoms with Crippen LogP contribution in [0.4, 0.5) is 0 Å². The first kappa shape index (κ1) is 18.8. The largest absolute Gasteiger partial charge is 0.389 e. The molecule has 2 amide bonds. The van der Waals surface area contributed by atoms with Crippen LogP contribution in [-0.2, 0) is 26.1 Å². The zero-order valence-electron chi connectivity index (χ0n) is 15.7. The SMILES string of the molecule is O=C(NCc1nncn1CCc1ccccc1)c1cc2n(n1)CC(O)CNC2=O. The van der Waals surface area contributed by atoms with E-state index in [9.17, 15) is 14.7 Å². The van der Waals surface area contributed by atoms with Crippen LogP contribution in [0.5, 0.6) is 0 Å². The van der Waals surface area contributed by atoms with Crippen molar-refractivity contribution in [2.24, 2.45) is 0 Å². The van der Waals surface area contributed by atoms with Crippen LogP contribution in [0, 0.1) is 0 Å². The summed E-state index contributed by atoms with van der Waals surface area (Å²) in [7, 11) is 0. The van der Waals surface area contributed by atoms with Gasteiger partial charge in [0, 0.05) is 19.2 Å². The fourth-order valence-corrected chi connectivity index (χ4v) is 3.16. The molecule has 0 bridgehead atoms. The summed E-state index contributed by atoms with van der Waals surface area (Å²) >= 11 is 0. The lowest BCUT2D eigenvalue weighted by Crippen LogP contribution is -2.30. The molecule has 3 N–H and O–H groups in total. The topological polar surface area (TPSA) is 127 Å². The van der Waals surface area contributed by atoms with E-state index >= 15 is 0 Å². The minimum absolute atomic E-state index is 0.111. The van der Waals surface area contributed by atoms with Crippen molar-refractivity contribution in [3.05, 3.63) is 65.5 Å². The van der Waals surface area contributed by atoms with Crippen molar-refractivity contribution in [2.45, 2.75) is 32.2 Å². The number of rotatable bonds is 6. The summed E-state index contributed by atoms with van der Waals surface area (Å²) in [4.78, 5) is 24.5. The number of carbonyl (C=O) groups excluding carboxylic acids is 2. The average Bonchev–Trinajstić information content (AvgIpc) is 3.33. The van der Waals surface area contributed by atoms with Crippen LogP contribution < -0.4 is 10.6 Å². The minimum Gasteiger partial charge on any atom is -0.389 e. The fourth-order valence-electron chi connectivity index (χ4n) is 3.16. The van der Waals surface area contributed by atoms with Gasteiger partial charge < -0.3 is 20.3 Å². The number of nitrogens with zero attached hydrogens (tertiary/aromatic N) is 5. The number of carbonyl (C=O) groups is 2. The molecule has 0 radical (unpaired) electrons. The number of aryl methyl sites for hydroxylation is 2. The summed E-state index contributed by atoms with van der Waals surface area (Å²) in [5.41, 5.74) is 1.56. The molecule has 1 atom stereocenters. The predicted molar refractivity (Wildman–Crippen MR) is 102 cm³/mol. The molecule has 0 spiro atoms. The Bertz CT molecular complexity index is 1010. The molecule has 10 heteroatoms. The third-order valence-electron chi connectivity index (χ3n) is 4.71. The highest BCUT2D eigenvalue weighted by atomic mass is 16.3. The lowest BCUT2D eigenvalue weighted by Gasteiger charge is -2.08. The Balaban J connectivity index is 1.38. The lowest BCUT2D eigenvalue weighted by molar-refractivity contribution is 0.0931. The van der Waals surface area contributed by atoms with E-state index in [1.807, 2.05) is 22.8 Å². The number of aliphatic hydroxyl groups excluding tert-OH is 1. The van der Waals surface area contributed by atoms with Crippen molar-refractivity contribution in [3.63, 3.8) is 0 Å². The molecule has 4 rings (SSSR count). The Kier molecular flexibility index (Phi) is 5.34. The fraction of sp³-hybridized carbons (Fsp3) is 0.316. The Morgan fingerprint density at radius 2 is 2.14 bits per heavy atom. The normalized spacial score (nSPS) is 16.0. The highest BCUT2D eigenvalue weighted by molar-refractivity contribution is 5.98. The maximum atomic E-state index is 12.5. The van der Waals surface area contributed by atoms with Crippen molar-refractivity contribution >= 4 is 11.8 Å². The van der Waals surface area contributed by atoms with Crippen LogP contribution in [0.15, 0.2) is 42.7 Å².